The fourth-order valence-electron chi connectivity index (χ4n) is 3.83. The number of piperazine rings is 2. The van der Waals surface area contributed by atoms with E-state index in [2.05, 4.69) is 54.3 Å². The standard InChI is InChI=1S/C16H34N4/c1-6-18-8-10-19(11-9-18)15(3)16(4)20-12-7-17(5)13-14(20)2/h14-16H,6-13H2,1-5H3/t14-,15-,16+/m0/s1. The predicted molar refractivity (Wildman–Crippen MR) is 86.3 cm³/mol. The highest BCUT2D eigenvalue weighted by Gasteiger charge is 2.31. The Bertz CT molecular complexity index is 288. The van der Waals surface area contributed by atoms with Gasteiger partial charge in [-0.1, -0.05) is 6.92 Å². The van der Waals surface area contributed by atoms with E-state index < -0.39 is 0 Å². The summed E-state index contributed by atoms with van der Waals surface area (Å²) in [4.78, 5) is 10.4. The van der Waals surface area contributed by atoms with E-state index in [0.717, 1.165) is 0 Å². The third kappa shape index (κ3) is 3.73. The molecule has 0 aromatic rings. The molecule has 2 aliphatic rings. The molecule has 0 amide bonds. The summed E-state index contributed by atoms with van der Waals surface area (Å²) in [6.07, 6.45) is 0. The Morgan fingerprint density at radius 3 is 2.15 bits per heavy atom. The quantitative estimate of drug-likeness (QED) is 0.764. The first-order valence-electron chi connectivity index (χ1n) is 8.43. The van der Waals surface area contributed by atoms with Crippen molar-refractivity contribution in [2.45, 2.75) is 45.8 Å². The van der Waals surface area contributed by atoms with Gasteiger partial charge in [-0.15, -0.1) is 0 Å². The van der Waals surface area contributed by atoms with Crippen LogP contribution in [-0.4, -0.2) is 97.1 Å². The van der Waals surface area contributed by atoms with E-state index >= 15 is 0 Å². The topological polar surface area (TPSA) is 13.0 Å². The molecule has 0 aromatic heterocycles. The molecule has 0 aromatic carbocycles. The lowest BCUT2D eigenvalue weighted by Gasteiger charge is -2.47. The Kier molecular flexibility index (Phi) is 5.84. The maximum absolute atomic E-state index is 2.72. The van der Waals surface area contributed by atoms with Gasteiger partial charge in [0.05, 0.1) is 0 Å². The fourth-order valence-corrected chi connectivity index (χ4v) is 3.83. The van der Waals surface area contributed by atoms with E-state index in [-0.39, 0.29) is 0 Å². The van der Waals surface area contributed by atoms with Crippen molar-refractivity contribution >= 4 is 0 Å². The van der Waals surface area contributed by atoms with E-state index in [0.29, 0.717) is 18.1 Å². The van der Waals surface area contributed by atoms with Crippen LogP contribution in [0.3, 0.4) is 0 Å². The van der Waals surface area contributed by atoms with Crippen LogP contribution in [0, 0.1) is 0 Å². The van der Waals surface area contributed by atoms with Crippen LogP contribution in [0.25, 0.3) is 0 Å². The van der Waals surface area contributed by atoms with Gasteiger partial charge >= 0.3 is 0 Å². The van der Waals surface area contributed by atoms with Crippen molar-refractivity contribution in [3.63, 3.8) is 0 Å². The molecule has 2 fully saturated rings. The summed E-state index contributed by atoms with van der Waals surface area (Å²) >= 11 is 0. The molecule has 2 aliphatic heterocycles. The Balaban J connectivity index is 1.87. The first-order chi connectivity index (χ1) is 9.52. The van der Waals surface area contributed by atoms with Gasteiger partial charge in [-0.2, -0.15) is 0 Å². The van der Waals surface area contributed by atoms with Gasteiger partial charge in [-0.05, 0) is 34.4 Å². The van der Waals surface area contributed by atoms with Gasteiger partial charge in [0.25, 0.3) is 0 Å². The molecule has 0 radical (unpaired) electrons. The monoisotopic (exact) mass is 282 g/mol. The highest BCUT2D eigenvalue weighted by molar-refractivity contribution is 4.88. The van der Waals surface area contributed by atoms with Crippen molar-refractivity contribution in [3.8, 4) is 0 Å². The van der Waals surface area contributed by atoms with Gasteiger partial charge in [-0.3, -0.25) is 9.80 Å². The van der Waals surface area contributed by atoms with E-state index in [9.17, 15) is 0 Å². The molecule has 3 atom stereocenters. The van der Waals surface area contributed by atoms with Crippen LogP contribution in [0.4, 0.5) is 0 Å². The molecule has 0 saturated carbocycles. The number of likely N-dealkylation sites (N-methyl/N-ethyl adjacent to an activating group) is 2. The maximum Gasteiger partial charge on any atom is 0.0224 e. The van der Waals surface area contributed by atoms with Crippen molar-refractivity contribution in [2.75, 3.05) is 59.4 Å². The predicted octanol–water partition coefficient (Wildman–Crippen LogP) is 1.04. The zero-order valence-electron chi connectivity index (χ0n) is 14.2. The second-order valence-corrected chi connectivity index (χ2v) is 6.80. The number of rotatable bonds is 4. The molecule has 0 aliphatic carbocycles. The molecular formula is C16H34N4. The molecule has 2 saturated heterocycles. The number of hydrogen-bond acceptors (Lipinski definition) is 4. The van der Waals surface area contributed by atoms with Crippen LogP contribution in [0.5, 0.6) is 0 Å². The van der Waals surface area contributed by atoms with E-state index in [4.69, 9.17) is 0 Å². The molecule has 20 heavy (non-hydrogen) atoms. The fraction of sp³-hybridized carbons (Fsp3) is 1.00. The van der Waals surface area contributed by atoms with Gasteiger partial charge < -0.3 is 9.80 Å². The first kappa shape index (κ1) is 16.2. The normalized spacial score (nSPS) is 31.4. The number of hydrogen-bond donors (Lipinski definition) is 0. The molecule has 0 N–H and O–H groups in total. The first-order valence-corrected chi connectivity index (χ1v) is 8.43. The molecule has 0 unspecified atom stereocenters. The molecule has 4 heteroatoms. The van der Waals surface area contributed by atoms with Crippen LogP contribution < -0.4 is 0 Å². The Morgan fingerprint density at radius 1 is 0.950 bits per heavy atom. The van der Waals surface area contributed by atoms with Gasteiger partial charge in [0.2, 0.25) is 0 Å². The summed E-state index contributed by atoms with van der Waals surface area (Å²) in [5.74, 6) is 0. The maximum atomic E-state index is 2.72. The van der Waals surface area contributed by atoms with Crippen molar-refractivity contribution in [1.29, 1.82) is 0 Å². The Hall–Kier alpha value is -0.160. The smallest absolute Gasteiger partial charge is 0.0224 e. The van der Waals surface area contributed by atoms with Gasteiger partial charge in [0.15, 0.2) is 0 Å². The molecule has 4 nitrogen and oxygen atoms in total. The summed E-state index contributed by atoms with van der Waals surface area (Å²) in [6.45, 7) is 19.3. The van der Waals surface area contributed by atoms with Crippen molar-refractivity contribution in [2.24, 2.45) is 0 Å². The summed E-state index contributed by atoms with van der Waals surface area (Å²) in [5.41, 5.74) is 0. The van der Waals surface area contributed by atoms with Crippen LogP contribution in [0.2, 0.25) is 0 Å². The Labute approximate surface area is 125 Å². The minimum Gasteiger partial charge on any atom is -0.304 e. The second-order valence-electron chi connectivity index (χ2n) is 6.80. The zero-order chi connectivity index (χ0) is 14.7. The highest BCUT2D eigenvalue weighted by Crippen LogP contribution is 2.18. The zero-order valence-corrected chi connectivity index (χ0v) is 14.2. The SMILES string of the molecule is CCN1CCN([C@@H](C)[C@@H](C)N2CCN(C)C[C@@H]2C)CC1. The lowest BCUT2D eigenvalue weighted by Crippen LogP contribution is -2.60. The van der Waals surface area contributed by atoms with Crippen LogP contribution >= 0.6 is 0 Å². The number of nitrogens with zero attached hydrogens (tertiary/aromatic N) is 4. The third-order valence-electron chi connectivity index (χ3n) is 5.53. The van der Waals surface area contributed by atoms with Crippen LogP contribution in [-0.2, 0) is 0 Å². The van der Waals surface area contributed by atoms with Gasteiger partial charge in [0, 0.05) is 63.9 Å². The molecule has 118 valence electrons. The summed E-state index contributed by atoms with van der Waals surface area (Å²) < 4.78 is 0. The molecule has 2 heterocycles. The average molecular weight is 282 g/mol. The van der Waals surface area contributed by atoms with Crippen molar-refractivity contribution in [1.82, 2.24) is 19.6 Å². The minimum absolute atomic E-state index is 0.659. The third-order valence-corrected chi connectivity index (χ3v) is 5.53. The summed E-state index contributed by atoms with van der Waals surface area (Å²) in [7, 11) is 2.24. The lowest BCUT2D eigenvalue weighted by atomic mass is 10.0. The van der Waals surface area contributed by atoms with E-state index in [1.165, 1.54) is 52.4 Å². The van der Waals surface area contributed by atoms with Gasteiger partial charge in [0.1, 0.15) is 0 Å². The highest BCUT2D eigenvalue weighted by atomic mass is 15.3. The van der Waals surface area contributed by atoms with Crippen LogP contribution in [0.15, 0.2) is 0 Å². The van der Waals surface area contributed by atoms with Crippen LogP contribution in [0.1, 0.15) is 27.7 Å². The molecular weight excluding hydrogens is 248 g/mol. The summed E-state index contributed by atoms with van der Waals surface area (Å²) in [5, 5.41) is 0. The molecule has 0 bridgehead atoms. The largest absolute Gasteiger partial charge is 0.304 e. The van der Waals surface area contributed by atoms with E-state index in [1.807, 2.05) is 0 Å². The minimum atomic E-state index is 0.659. The van der Waals surface area contributed by atoms with Crippen molar-refractivity contribution in [3.05, 3.63) is 0 Å². The Morgan fingerprint density at radius 2 is 1.60 bits per heavy atom. The molecule has 2 rings (SSSR count). The summed E-state index contributed by atoms with van der Waals surface area (Å²) in [6, 6.07) is 2.01. The molecule has 0 spiro atoms. The van der Waals surface area contributed by atoms with Crippen molar-refractivity contribution < 1.29 is 0 Å². The van der Waals surface area contributed by atoms with Gasteiger partial charge in [-0.25, -0.2) is 0 Å². The average Bonchev–Trinajstić information content (AvgIpc) is 2.46. The lowest BCUT2D eigenvalue weighted by molar-refractivity contribution is 0.0114. The second kappa shape index (κ2) is 7.21. The van der Waals surface area contributed by atoms with E-state index in [1.54, 1.807) is 0 Å².